The third-order valence-corrected chi connectivity index (χ3v) is 4.12. The Bertz CT molecular complexity index is 444. The predicted octanol–water partition coefficient (Wildman–Crippen LogP) is 1.93. The number of amidine groups is 1. The third kappa shape index (κ3) is 4.21. The predicted molar refractivity (Wildman–Crippen MR) is 79.3 cm³/mol. The standard InChI is InChI=1S/C12H22BrN5O/c1-4-17(7-6-11(14)16-19)8-10-12(13)9(3)15-18(10)5-2/h19H,4-8H2,1-3H3,(H2,14,16). The minimum absolute atomic E-state index is 0.262. The van der Waals surface area contributed by atoms with Crippen LogP contribution in [-0.4, -0.2) is 38.8 Å². The van der Waals surface area contributed by atoms with Gasteiger partial charge in [-0.2, -0.15) is 5.10 Å². The summed E-state index contributed by atoms with van der Waals surface area (Å²) in [4.78, 5) is 2.24. The van der Waals surface area contributed by atoms with Gasteiger partial charge < -0.3 is 10.9 Å². The number of hydrogen-bond donors (Lipinski definition) is 2. The van der Waals surface area contributed by atoms with Crippen LogP contribution in [0.4, 0.5) is 0 Å². The van der Waals surface area contributed by atoms with E-state index in [4.69, 9.17) is 10.9 Å². The van der Waals surface area contributed by atoms with Crippen molar-refractivity contribution in [2.75, 3.05) is 13.1 Å². The van der Waals surface area contributed by atoms with Crippen molar-refractivity contribution in [3.8, 4) is 0 Å². The van der Waals surface area contributed by atoms with Crippen LogP contribution in [0.5, 0.6) is 0 Å². The Morgan fingerprint density at radius 1 is 1.53 bits per heavy atom. The van der Waals surface area contributed by atoms with Crippen LogP contribution in [0.15, 0.2) is 9.63 Å². The topological polar surface area (TPSA) is 79.7 Å². The molecular weight excluding hydrogens is 310 g/mol. The average molecular weight is 332 g/mol. The number of hydrogen-bond acceptors (Lipinski definition) is 4. The van der Waals surface area contributed by atoms with Crippen LogP contribution in [0.1, 0.15) is 31.7 Å². The summed E-state index contributed by atoms with van der Waals surface area (Å²) >= 11 is 3.59. The fourth-order valence-electron chi connectivity index (χ4n) is 1.90. The molecule has 0 aliphatic heterocycles. The van der Waals surface area contributed by atoms with E-state index in [0.29, 0.717) is 6.42 Å². The molecule has 1 rings (SSSR count). The molecule has 0 unspecified atom stereocenters. The van der Waals surface area contributed by atoms with E-state index in [2.05, 4.69) is 44.9 Å². The molecule has 0 saturated heterocycles. The summed E-state index contributed by atoms with van der Waals surface area (Å²) in [6, 6.07) is 0. The van der Waals surface area contributed by atoms with Crippen molar-refractivity contribution in [2.24, 2.45) is 10.9 Å². The van der Waals surface area contributed by atoms with Gasteiger partial charge in [0, 0.05) is 26.1 Å². The van der Waals surface area contributed by atoms with Gasteiger partial charge in [0.1, 0.15) is 5.84 Å². The minimum atomic E-state index is 0.262. The number of aryl methyl sites for hydroxylation is 2. The molecule has 0 radical (unpaired) electrons. The lowest BCUT2D eigenvalue weighted by atomic mass is 10.3. The SMILES string of the molecule is CCN(CCC(N)=NO)Cc1c(Br)c(C)nn1CC. The molecule has 0 aromatic carbocycles. The van der Waals surface area contributed by atoms with Gasteiger partial charge in [-0.15, -0.1) is 0 Å². The Morgan fingerprint density at radius 3 is 2.74 bits per heavy atom. The fraction of sp³-hybridized carbons (Fsp3) is 0.667. The Balaban J connectivity index is 2.75. The smallest absolute Gasteiger partial charge is 0.140 e. The van der Waals surface area contributed by atoms with E-state index in [1.165, 1.54) is 5.69 Å². The molecule has 0 spiro atoms. The largest absolute Gasteiger partial charge is 0.409 e. The van der Waals surface area contributed by atoms with Crippen LogP contribution < -0.4 is 5.73 Å². The maximum absolute atomic E-state index is 8.56. The van der Waals surface area contributed by atoms with Gasteiger partial charge in [0.2, 0.25) is 0 Å². The summed E-state index contributed by atoms with van der Waals surface area (Å²) in [7, 11) is 0. The van der Waals surface area contributed by atoms with E-state index < -0.39 is 0 Å². The zero-order valence-corrected chi connectivity index (χ0v) is 13.3. The molecule has 0 atom stereocenters. The maximum Gasteiger partial charge on any atom is 0.140 e. The monoisotopic (exact) mass is 331 g/mol. The Morgan fingerprint density at radius 2 is 2.21 bits per heavy atom. The molecule has 0 aliphatic rings. The molecular formula is C12H22BrN5O. The molecule has 0 bridgehead atoms. The number of halogens is 1. The molecule has 1 heterocycles. The first-order valence-corrected chi connectivity index (χ1v) is 7.23. The van der Waals surface area contributed by atoms with Gasteiger partial charge in [-0.1, -0.05) is 12.1 Å². The second kappa shape index (κ2) is 7.49. The van der Waals surface area contributed by atoms with Crippen LogP contribution in [0.3, 0.4) is 0 Å². The molecule has 7 heteroatoms. The van der Waals surface area contributed by atoms with Crippen molar-refractivity contribution >= 4 is 21.8 Å². The quantitative estimate of drug-likeness (QED) is 0.346. The van der Waals surface area contributed by atoms with Crippen LogP contribution in [-0.2, 0) is 13.1 Å². The van der Waals surface area contributed by atoms with Crippen molar-refractivity contribution in [3.05, 3.63) is 15.9 Å². The lowest BCUT2D eigenvalue weighted by Gasteiger charge is -2.20. The normalized spacial score (nSPS) is 12.4. The van der Waals surface area contributed by atoms with Gasteiger partial charge in [-0.3, -0.25) is 9.58 Å². The van der Waals surface area contributed by atoms with Crippen molar-refractivity contribution in [1.29, 1.82) is 0 Å². The first kappa shape index (κ1) is 16.0. The molecule has 19 heavy (non-hydrogen) atoms. The van der Waals surface area contributed by atoms with Crippen LogP contribution in [0.2, 0.25) is 0 Å². The van der Waals surface area contributed by atoms with Crippen molar-refractivity contribution in [3.63, 3.8) is 0 Å². The van der Waals surface area contributed by atoms with Crippen LogP contribution in [0.25, 0.3) is 0 Å². The molecule has 6 nitrogen and oxygen atoms in total. The van der Waals surface area contributed by atoms with Crippen molar-refractivity contribution in [1.82, 2.24) is 14.7 Å². The molecule has 0 aliphatic carbocycles. The third-order valence-electron chi connectivity index (χ3n) is 3.09. The van der Waals surface area contributed by atoms with Gasteiger partial charge in [0.15, 0.2) is 0 Å². The number of nitrogens with two attached hydrogens (primary N) is 1. The first-order chi connectivity index (χ1) is 9.03. The summed E-state index contributed by atoms with van der Waals surface area (Å²) < 4.78 is 3.07. The fourth-order valence-corrected chi connectivity index (χ4v) is 2.31. The Labute approximate surface area is 122 Å². The molecule has 3 N–H and O–H groups in total. The number of oxime groups is 1. The van der Waals surface area contributed by atoms with Gasteiger partial charge in [0.25, 0.3) is 0 Å². The van der Waals surface area contributed by atoms with Crippen LogP contribution in [0, 0.1) is 6.92 Å². The minimum Gasteiger partial charge on any atom is -0.409 e. The summed E-state index contributed by atoms with van der Waals surface area (Å²) in [5.41, 5.74) is 7.68. The van der Waals surface area contributed by atoms with E-state index >= 15 is 0 Å². The van der Waals surface area contributed by atoms with E-state index in [1.807, 2.05) is 11.6 Å². The van der Waals surface area contributed by atoms with E-state index in [1.54, 1.807) is 0 Å². The zero-order valence-electron chi connectivity index (χ0n) is 11.7. The zero-order chi connectivity index (χ0) is 14.4. The molecule has 0 amide bonds. The van der Waals surface area contributed by atoms with Crippen molar-refractivity contribution in [2.45, 2.75) is 40.3 Å². The molecule has 0 saturated carbocycles. The molecule has 1 aromatic rings. The number of aromatic nitrogens is 2. The molecule has 1 aromatic heterocycles. The van der Waals surface area contributed by atoms with E-state index in [-0.39, 0.29) is 5.84 Å². The highest BCUT2D eigenvalue weighted by molar-refractivity contribution is 9.10. The Hall–Kier alpha value is -1.08. The molecule has 0 fully saturated rings. The highest BCUT2D eigenvalue weighted by Crippen LogP contribution is 2.22. The number of rotatable bonds is 7. The Kier molecular flexibility index (Phi) is 6.30. The van der Waals surface area contributed by atoms with Gasteiger partial charge in [0.05, 0.1) is 15.9 Å². The highest BCUT2D eigenvalue weighted by atomic mass is 79.9. The van der Waals surface area contributed by atoms with Crippen molar-refractivity contribution < 1.29 is 5.21 Å². The van der Waals surface area contributed by atoms with Gasteiger partial charge in [-0.05, 0) is 36.3 Å². The van der Waals surface area contributed by atoms with Gasteiger partial charge in [-0.25, -0.2) is 0 Å². The van der Waals surface area contributed by atoms with E-state index in [9.17, 15) is 0 Å². The number of nitrogens with zero attached hydrogens (tertiary/aromatic N) is 4. The lowest BCUT2D eigenvalue weighted by molar-refractivity contribution is 0.274. The van der Waals surface area contributed by atoms with E-state index in [0.717, 1.165) is 36.3 Å². The maximum atomic E-state index is 8.56. The summed E-state index contributed by atoms with van der Waals surface area (Å²) in [6.45, 7) is 9.47. The first-order valence-electron chi connectivity index (χ1n) is 6.43. The second-order valence-electron chi connectivity index (χ2n) is 4.37. The summed E-state index contributed by atoms with van der Waals surface area (Å²) in [5, 5.41) is 16.0. The van der Waals surface area contributed by atoms with Gasteiger partial charge >= 0.3 is 0 Å². The lowest BCUT2D eigenvalue weighted by Crippen LogP contribution is -2.29. The molecule has 108 valence electrons. The summed E-state index contributed by atoms with van der Waals surface area (Å²) in [5.74, 6) is 0.262. The second-order valence-corrected chi connectivity index (χ2v) is 5.16. The summed E-state index contributed by atoms with van der Waals surface area (Å²) in [6.07, 6.45) is 0.557. The average Bonchev–Trinajstić information content (AvgIpc) is 2.69. The highest BCUT2D eigenvalue weighted by Gasteiger charge is 2.15. The van der Waals surface area contributed by atoms with Crippen LogP contribution >= 0.6 is 15.9 Å².